The summed E-state index contributed by atoms with van der Waals surface area (Å²) >= 11 is 0. The highest BCUT2D eigenvalue weighted by atomic mass is 16.5. The van der Waals surface area contributed by atoms with Crippen molar-refractivity contribution < 1.29 is 19.0 Å². The van der Waals surface area contributed by atoms with Crippen molar-refractivity contribution in [1.29, 1.82) is 0 Å². The maximum absolute atomic E-state index is 10.3. The van der Waals surface area contributed by atoms with E-state index in [1.54, 1.807) is 13.4 Å². The van der Waals surface area contributed by atoms with E-state index in [4.69, 9.17) is 13.9 Å². The molecule has 0 saturated heterocycles. The van der Waals surface area contributed by atoms with Gasteiger partial charge in [0.15, 0.2) is 0 Å². The molecule has 1 aromatic carbocycles. The van der Waals surface area contributed by atoms with Crippen LogP contribution in [0.15, 0.2) is 47.1 Å². The molecule has 2 rings (SSSR count). The van der Waals surface area contributed by atoms with Gasteiger partial charge in [0.25, 0.3) is 0 Å². The number of rotatable bonds is 11. The molecule has 0 amide bonds. The number of furan rings is 1. The smallest absolute Gasteiger partial charge is 0.119 e. The number of hydrogen-bond donors (Lipinski definition) is 1. The molecule has 0 aliphatic carbocycles. The Hall–Kier alpha value is -1.82. The summed E-state index contributed by atoms with van der Waals surface area (Å²) < 4.78 is 16.3. The molecule has 1 heterocycles. The number of hydrogen-bond acceptors (Lipinski definition) is 5. The average Bonchev–Trinajstić information content (AvgIpc) is 3.07. The molecule has 0 fully saturated rings. The quantitative estimate of drug-likeness (QED) is 0.676. The molecule has 0 aliphatic heterocycles. The van der Waals surface area contributed by atoms with Crippen molar-refractivity contribution in [1.82, 2.24) is 4.90 Å². The minimum absolute atomic E-state index is 0.338. The molecule has 5 heteroatoms. The van der Waals surface area contributed by atoms with Crippen LogP contribution in [-0.4, -0.2) is 43.0 Å². The third kappa shape index (κ3) is 7.30. The predicted molar refractivity (Wildman–Crippen MR) is 97.5 cm³/mol. The molecule has 0 radical (unpaired) electrons. The molecule has 0 bridgehead atoms. The number of aliphatic hydroxyl groups excluding tert-OH is 1. The fourth-order valence-corrected chi connectivity index (χ4v) is 2.63. The Morgan fingerprint density at radius 3 is 2.64 bits per heavy atom. The second-order valence-electron chi connectivity index (χ2n) is 6.69. The van der Waals surface area contributed by atoms with E-state index in [2.05, 4.69) is 24.8 Å². The average molecular weight is 347 g/mol. The molecule has 0 saturated carbocycles. The van der Waals surface area contributed by atoms with Crippen molar-refractivity contribution in [3.63, 3.8) is 0 Å². The van der Waals surface area contributed by atoms with Gasteiger partial charge in [-0.1, -0.05) is 26.0 Å². The molecule has 1 unspecified atom stereocenters. The van der Waals surface area contributed by atoms with Gasteiger partial charge in [-0.05, 0) is 35.7 Å². The minimum Gasteiger partial charge on any atom is -0.497 e. The minimum atomic E-state index is -0.542. The standard InChI is InChI=1S/C20H29NO4/c1-16(2)14-24-15-18(22)12-21(13-20-8-5-9-25-20)11-17-6-4-7-19(10-17)23-3/h4-10,16,18,22H,11-15H2,1-3H3. The summed E-state index contributed by atoms with van der Waals surface area (Å²) in [5.74, 6) is 2.16. The van der Waals surface area contributed by atoms with Crippen molar-refractivity contribution in [3.05, 3.63) is 54.0 Å². The molecule has 5 nitrogen and oxygen atoms in total. The van der Waals surface area contributed by atoms with Gasteiger partial charge in [0, 0.05) is 19.7 Å². The van der Waals surface area contributed by atoms with Crippen LogP contribution in [0.1, 0.15) is 25.2 Å². The Balaban J connectivity index is 1.96. The van der Waals surface area contributed by atoms with Gasteiger partial charge < -0.3 is 19.0 Å². The van der Waals surface area contributed by atoms with Crippen LogP contribution in [0.2, 0.25) is 0 Å². The molecule has 0 aliphatic rings. The molecule has 138 valence electrons. The highest BCUT2D eigenvalue weighted by Gasteiger charge is 2.15. The number of ether oxygens (including phenoxy) is 2. The second-order valence-corrected chi connectivity index (χ2v) is 6.69. The van der Waals surface area contributed by atoms with Gasteiger partial charge in [0.05, 0.1) is 32.6 Å². The van der Waals surface area contributed by atoms with E-state index in [0.717, 1.165) is 17.1 Å². The van der Waals surface area contributed by atoms with Crippen LogP contribution < -0.4 is 4.74 Å². The summed E-state index contributed by atoms with van der Waals surface area (Å²) in [4.78, 5) is 2.15. The van der Waals surface area contributed by atoms with E-state index in [0.29, 0.717) is 38.8 Å². The van der Waals surface area contributed by atoms with Crippen LogP contribution in [0.4, 0.5) is 0 Å². The summed E-state index contributed by atoms with van der Waals surface area (Å²) in [6.45, 7) is 7.02. The molecule has 1 aromatic heterocycles. The van der Waals surface area contributed by atoms with Crippen molar-refractivity contribution in [3.8, 4) is 5.75 Å². The summed E-state index contributed by atoms with van der Waals surface area (Å²) in [7, 11) is 1.66. The highest BCUT2D eigenvalue weighted by Crippen LogP contribution is 2.16. The second kappa shape index (κ2) is 10.2. The Morgan fingerprint density at radius 2 is 1.96 bits per heavy atom. The summed E-state index contributed by atoms with van der Waals surface area (Å²) in [6, 6.07) is 11.8. The fraction of sp³-hybridized carbons (Fsp3) is 0.500. The van der Waals surface area contributed by atoms with Crippen LogP contribution in [0.5, 0.6) is 5.75 Å². The Morgan fingerprint density at radius 1 is 1.12 bits per heavy atom. The van der Waals surface area contributed by atoms with E-state index in [1.165, 1.54) is 0 Å². The molecular formula is C20H29NO4. The van der Waals surface area contributed by atoms with Gasteiger partial charge in [-0.3, -0.25) is 4.90 Å². The fourth-order valence-electron chi connectivity index (χ4n) is 2.63. The number of methoxy groups -OCH3 is 1. The molecule has 1 atom stereocenters. The van der Waals surface area contributed by atoms with Gasteiger partial charge in [0.1, 0.15) is 11.5 Å². The first-order chi connectivity index (χ1) is 12.1. The van der Waals surface area contributed by atoms with Crippen LogP contribution in [0.25, 0.3) is 0 Å². The van der Waals surface area contributed by atoms with E-state index < -0.39 is 6.10 Å². The monoisotopic (exact) mass is 347 g/mol. The zero-order chi connectivity index (χ0) is 18.1. The third-order valence-corrected chi connectivity index (χ3v) is 3.73. The Labute approximate surface area is 150 Å². The SMILES string of the molecule is COc1cccc(CN(Cc2ccco2)CC(O)COCC(C)C)c1. The maximum atomic E-state index is 10.3. The van der Waals surface area contributed by atoms with Gasteiger partial charge in [-0.25, -0.2) is 0 Å². The number of nitrogens with zero attached hydrogens (tertiary/aromatic N) is 1. The van der Waals surface area contributed by atoms with Crippen molar-refractivity contribution in [2.45, 2.75) is 33.0 Å². The lowest BCUT2D eigenvalue weighted by atomic mass is 10.2. The third-order valence-electron chi connectivity index (χ3n) is 3.73. The Bertz CT molecular complexity index is 598. The lowest BCUT2D eigenvalue weighted by Gasteiger charge is -2.24. The van der Waals surface area contributed by atoms with Crippen molar-refractivity contribution in [2.75, 3.05) is 26.9 Å². The van der Waals surface area contributed by atoms with Crippen molar-refractivity contribution in [2.24, 2.45) is 5.92 Å². The molecule has 0 spiro atoms. The molecule has 2 aromatic rings. The van der Waals surface area contributed by atoms with Crippen LogP contribution >= 0.6 is 0 Å². The largest absolute Gasteiger partial charge is 0.497 e. The number of benzene rings is 1. The lowest BCUT2D eigenvalue weighted by Crippen LogP contribution is -2.34. The maximum Gasteiger partial charge on any atom is 0.119 e. The molecule has 1 N–H and O–H groups in total. The number of aliphatic hydroxyl groups is 1. The first-order valence-corrected chi connectivity index (χ1v) is 8.70. The van der Waals surface area contributed by atoms with Gasteiger partial charge in [-0.15, -0.1) is 0 Å². The topological polar surface area (TPSA) is 55.1 Å². The zero-order valence-corrected chi connectivity index (χ0v) is 15.4. The van der Waals surface area contributed by atoms with E-state index in [-0.39, 0.29) is 0 Å². The van der Waals surface area contributed by atoms with Gasteiger partial charge >= 0.3 is 0 Å². The van der Waals surface area contributed by atoms with Gasteiger partial charge in [-0.2, -0.15) is 0 Å². The van der Waals surface area contributed by atoms with Crippen LogP contribution in [-0.2, 0) is 17.8 Å². The predicted octanol–water partition coefficient (Wildman–Crippen LogP) is 3.32. The normalized spacial score (nSPS) is 12.7. The highest BCUT2D eigenvalue weighted by molar-refractivity contribution is 5.28. The van der Waals surface area contributed by atoms with Crippen LogP contribution in [0, 0.1) is 5.92 Å². The first kappa shape index (κ1) is 19.5. The summed E-state index contributed by atoms with van der Waals surface area (Å²) in [6.07, 6.45) is 1.13. The lowest BCUT2D eigenvalue weighted by molar-refractivity contribution is 0.00460. The van der Waals surface area contributed by atoms with E-state index >= 15 is 0 Å². The zero-order valence-electron chi connectivity index (χ0n) is 15.4. The van der Waals surface area contributed by atoms with Crippen molar-refractivity contribution >= 4 is 0 Å². The van der Waals surface area contributed by atoms with Crippen LogP contribution in [0.3, 0.4) is 0 Å². The molecule has 25 heavy (non-hydrogen) atoms. The summed E-state index contributed by atoms with van der Waals surface area (Å²) in [5.41, 5.74) is 1.13. The summed E-state index contributed by atoms with van der Waals surface area (Å²) in [5, 5.41) is 10.3. The molecular weight excluding hydrogens is 318 g/mol. The Kier molecular flexibility index (Phi) is 7.98. The first-order valence-electron chi connectivity index (χ1n) is 8.70. The van der Waals surface area contributed by atoms with E-state index in [9.17, 15) is 5.11 Å². The van der Waals surface area contributed by atoms with E-state index in [1.807, 2.05) is 30.3 Å². The van der Waals surface area contributed by atoms with Gasteiger partial charge in [0.2, 0.25) is 0 Å².